The quantitative estimate of drug-likeness (QED) is 0.826. The van der Waals surface area contributed by atoms with Crippen molar-refractivity contribution in [3.63, 3.8) is 0 Å². The van der Waals surface area contributed by atoms with Gasteiger partial charge < -0.3 is 4.74 Å². The second-order valence-corrected chi connectivity index (χ2v) is 4.79. The van der Waals surface area contributed by atoms with Crippen LogP contribution in [0.2, 0.25) is 0 Å². The van der Waals surface area contributed by atoms with Crippen LogP contribution in [-0.4, -0.2) is 18.5 Å². The fraction of sp³-hybridized carbons (Fsp3) is 0.500. The number of rotatable bonds is 5. The fourth-order valence-electron chi connectivity index (χ4n) is 1.10. The Kier molecular flexibility index (Phi) is 4.78. The van der Waals surface area contributed by atoms with Crippen molar-refractivity contribution in [1.29, 1.82) is 0 Å². The number of ketones is 1. The smallest absolute Gasteiger partial charge is 0.166 e. The van der Waals surface area contributed by atoms with E-state index in [2.05, 4.69) is 15.9 Å². The van der Waals surface area contributed by atoms with E-state index in [9.17, 15) is 4.79 Å². The molecule has 0 fully saturated rings. The summed E-state index contributed by atoms with van der Waals surface area (Å²) in [4.78, 5) is 12.7. The number of ether oxygens (including phenoxy) is 1. The van der Waals surface area contributed by atoms with Gasteiger partial charge in [0, 0.05) is 22.4 Å². The summed E-state index contributed by atoms with van der Waals surface area (Å²) >= 11 is 4.99. The molecule has 1 atom stereocenters. The summed E-state index contributed by atoms with van der Waals surface area (Å²) in [7, 11) is 0. The lowest BCUT2D eigenvalue weighted by Gasteiger charge is -2.09. The lowest BCUT2D eigenvalue weighted by molar-refractivity contribution is -0.128. The van der Waals surface area contributed by atoms with Crippen LogP contribution in [0.1, 0.15) is 18.7 Å². The molecular weight excluding hydrogens is 264 g/mol. The molecule has 0 aliphatic rings. The van der Waals surface area contributed by atoms with Crippen LogP contribution >= 0.6 is 27.3 Å². The highest BCUT2D eigenvalue weighted by molar-refractivity contribution is 9.10. The van der Waals surface area contributed by atoms with Crippen LogP contribution in [-0.2, 0) is 16.0 Å². The maximum Gasteiger partial charge on any atom is 0.166 e. The van der Waals surface area contributed by atoms with Gasteiger partial charge in [-0.3, -0.25) is 4.79 Å². The van der Waals surface area contributed by atoms with Crippen LogP contribution < -0.4 is 0 Å². The molecule has 0 radical (unpaired) electrons. The average Bonchev–Trinajstić information content (AvgIpc) is 2.52. The van der Waals surface area contributed by atoms with Crippen LogP contribution in [0.25, 0.3) is 0 Å². The Balaban J connectivity index is 2.53. The minimum atomic E-state index is -0.297. The van der Waals surface area contributed by atoms with Gasteiger partial charge in [-0.15, -0.1) is 11.3 Å². The van der Waals surface area contributed by atoms with E-state index in [1.54, 1.807) is 18.3 Å². The van der Waals surface area contributed by atoms with E-state index in [0.717, 1.165) is 9.35 Å². The van der Waals surface area contributed by atoms with Gasteiger partial charge in [0.2, 0.25) is 0 Å². The fourth-order valence-corrected chi connectivity index (χ4v) is 2.60. The minimum absolute atomic E-state index is 0.134. The molecule has 78 valence electrons. The molecule has 0 aromatic carbocycles. The standard InChI is InChI=1S/C10H13BrO2S/c1-3-13-7(2)9(12)6-10-8(11)4-5-14-10/h4-5,7H,3,6H2,1-2H3. The Labute approximate surface area is 96.4 Å². The molecule has 0 N–H and O–H groups in total. The zero-order valence-corrected chi connectivity index (χ0v) is 10.7. The maximum atomic E-state index is 11.6. The highest BCUT2D eigenvalue weighted by Gasteiger charge is 2.15. The topological polar surface area (TPSA) is 26.3 Å². The van der Waals surface area contributed by atoms with Gasteiger partial charge in [0.15, 0.2) is 5.78 Å². The Morgan fingerprint density at radius 2 is 2.43 bits per heavy atom. The average molecular weight is 277 g/mol. The van der Waals surface area contributed by atoms with E-state index in [4.69, 9.17) is 4.74 Å². The second-order valence-electron chi connectivity index (χ2n) is 2.93. The second kappa shape index (κ2) is 5.63. The third-order valence-electron chi connectivity index (χ3n) is 1.90. The maximum absolute atomic E-state index is 11.6. The van der Waals surface area contributed by atoms with Gasteiger partial charge in [-0.05, 0) is 41.2 Å². The normalized spacial score (nSPS) is 12.8. The van der Waals surface area contributed by atoms with Crippen molar-refractivity contribution in [2.24, 2.45) is 0 Å². The van der Waals surface area contributed by atoms with Gasteiger partial charge in [-0.1, -0.05) is 0 Å². The SMILES string of the molecule is CCOC(C)C(=O)Cc1sccc1Br. The van der Waals surface area contributed by atoms with Crippen LogP contribution in [0.5, 0.6) is 0 Å². The molecule has 0 spiro atoms. The molecule has 0 saturated heterocycles. The number of thiophene rings is 1. The zero-order valence-electron chi connectivity index (χ0n) is 8.25. The Bertz CT molecular complexity index is 309. The highest BCUT2D eigenvalue weighted by atomic mass is 79.9. The van der Waals surface area contributed by atoms with Gasteiger partial charge in [0.25, 0.3) is 0 Å². The number of carbonyl (C=O) groups excluding carboxylic acids is 1. The zero-order chi connectivity index (χ0) is 10.6. The molecule has 0 saturated carbocycles. The van der Waals surface area contributed by atoms with Crippen molar-refractivity contribution in [1.82, 2.24) is 0 Å². The molecule has 14 heavy (non-hydrogen) atoms. The Morgan fingerprint density at radius 1 is 1.71 bits per heavy atom. The first-order valence-electron chi connectivity index (χ1n) is 4.51. The van der Waals surface area contributed by atoms with E-state index in [-0.39, 0.29) is 11.9 Å². The molecule has 0 bridgehead atoms. The van der Waals surface area contributed by atoms with Gasteiger partial charge in [0.05, 0.1) is 0 Å². The largest absolute Gasteiger partial charge is 0.371 e. The third kappa shape index (κ3) is 3.19. The van der Waals surface area contributed by atoms with Gasteiger partial charge >= 0.3 is 0 Å². The molecule has 1 aromatic heterocycles. The van der Waals surface area contributed by atoms with E-state index in [1.165, 1.54) is 0 Å². The van der Waals surface area contributed by atoms with E-state index >= 15 is 0 Å². The van der Waals surface area contributed by atoms with Crippen molar-refractivity contribution in [3.05, 3.63) is 20.8 Å². The molecule has 1 rings (SSSR count). The van der Waals surface area contributed by atoms with Gasteiger partial charge in [-0.25, -0.2) is 0 Å². The Hall–Kier alpha value is -0.190. The van der Waals surface area contributed by atoms with Crippen molar-refractivity contribution >= 4 is 33.0 Å². The minimum Gasteiger partial charge on any atom is -0.371 e. The number of Topliss-reactive ketones (excluding diaryl/α,β-unsaturated/α-hetero) is 1. The van der Waals surface area contributed by atoms with Crippen molar-refractivity contribution in [2.45, 2.75) is 26.4 Å². The van der Waals surface area contributed by atoms with Crippen molar-refractivity contribution in [2.75, 3.05) is 6.61 Å². The van der Waals surface area contributed by atoms with Crippen molar-refractivity contribution < 1.29 is 9.53 Å². The summed E-state index contributed by atoms with van der Waals surface area (Å²) in [6.07, 6.45) is 0.161. The monoisotopic (exact) mass is 276 g/mol. The lowest BCUT2D eigenvalue weighted by atomic mass is 10.2. The van der Waals surface area contributed by atoms with E-state index in [1.807, 2.05) is 18.4 Å². The van der Waals surface area contributed by atoms with Gasteiger partial charge in [0.1, 0.15) is 6.10 Å². The van der Waals surface area contributed by atoms with Crippen LogP contribution in [0, 0.1) is 0 Å². The van der Waals surface area contributed by atoms with Crippen LogP contribution in [0.4, 0.5) is 0 Å². The summed E-state index contributed by atoms with van der Waals surface area (Å²) in [5.74, 6) is 0.134. The summed E-state index contributed by atoms with van der Waals surface area (Å²) in [6, 6.07) is 1.96. The third-order valence-corrected chi connectivity index (χ3v) is 3.82. The summed E-state index contributed by atoms with van der Waals surface area (Å²) in [5, 5.41) is 1.97. The molecule has 1 heterocycles. The van der Waals surface area contributed by atoms with Crippen LogP contribution in [0.15, 0.2) is 15.9 Å². The molecule has 1 unspecified atom stereocenters. The molecule has 0 aliphatic carbocycles. The molecule has 2 nitrogen and oxygen atoms in total. The predicted octanol–water partition coefficient (Wildman–Crippen LogP) is 3.05. The lowest BCUT2D eigenvalue weighted by Crippen LogP contribution is -2.22. The molecular formula is C10H13BrO2S. The van der Waals surface area contributed by atoms with Gasteiger partial charge in [-0.2, -0.15) is 0 Å². The first-order valence-corrected chi connectivity index (χ1v) is 6.18. The summed E-state index contributed by atoms with van der Waals surface area (Å²) in [5.41, 5.74) is 0. The number of hydrogen-bond donors (Lipinski definition) is 0. The molecule has 4 heteroatoms. The molecule has 0 aliphatic heterocycles. The highest BCUT2D eigenvalue weighted by Crippen LogP contribution is 2.23. The summed E-state index contributed by atoms with van der Waals surface area (Å²) in [6.45, 7) is 4.27. The summed E-state index contributed by atoms with van der Waals surface area (Å²) < 4.78 is 6.25. The van der Waals surface area contributed by atoms with E-state index < -0.39 is 0 Å². The number of hydrogen-bond acceptors (Lipinski definition) is 3. The first-order chi connectivity index (χ1) is 6.65. The molecule has 1 aromatic rings. The molecule has 0 amide bonds. The van der Waals surface area contributed by atoms with Crippen LogP contribution in [0.3, 0.4) is 0 Å². The van der Waals surface area contributed by atoms with Crippen molar-refractivity contribution in [3.8, 4) is 0 Å². The van der Waals surface area contributed by atoms with E-state index in [0.29, 0.717) is 13.0 Å². The number of carbonyl (C=O) groups is 1. The first kappa shape index (κ1) is 11.9. The Morgan fingerprint density at radius 3 is 2.93 bits per heavy atom. The number of halogens is 1. The predicted molar refractivity (Wildman–Crippen MR) is 61.8 cm³/mol.